The molecule has 0 radical (unpaired) electrons. The molecule has 0 spiro atoms. The molecule has 0 bridgehead atoms. The van der Waals surface area contributed by atoms with Gasteiger partial charge in [0.15, 0.2) is 0 Å². The molecule has 106 valence electrons. The second-order valence-electron chi connectivity index (χ2n) is 5.32. The number of hydrogen-bond donors (Lipinski definition) is 1. The summed E-state index contributed by atoms with van der Waals surface area (Å²) in [4.78, 5) is 0. The predicted molar refractivity (Wildman–Crippen MR) is 84.9 cm³/mol. The molecule has 3 rings (SSSR count). The summed E-state index contributed by atoms with van der Waals surface area (Å²) in [5, 5.41) is 6.51. The van der Waals surface area contributed by atoms with Crippen molar-refractivity contribution >= 4 is 23.1 Å². The molecule has 1 aliphatic rings. The van der Waals surface area contributed by atoms with Gasteiger partial charge in [-0.05, 0) is 48.1 Å². The van der Waals surface area contributed by atoms with Crippen LogP contribution >= 0.6 is 23.1 Å². The topological polar surface area (TPSA) is 12.0 Å². The van der Waals surface area contributed by atoms with Crippen molar-refractivity contribution in [1.29, 1.82) is 0 Å². The molecule has 2 aromatic rings. The highest BCUT2D eigenvalue weighted by molar-refractivity contribution is 8.01. The van der Waals surface area contributed by atoms with E-state index in [0.717, 1.165) is 12.0 Å². The smallest absolute Gasteiger partial charge is 0.123 e. The van der Waals surface area contributed by atoms with Gasteiger partial charge in [0.05, 0.1) is 4.21 Å². The molecule has 4 heteroatoms. The largest absolute Gasteiger partial charge is 0.303 e. The van der Waals surface area contributed by atoms with E-state index in [1.807, 2.05) is 35.2 Å². The lowest BCUT2D eigenvalue weighted by atomic mass is 10.0. The molecule has 0 amide bonds. The summed E-state index contributed by atoms with van der Waals surface area (Å²) in [5.41, 5.74) is 2.56. The van der Waals surface area contributed by atoms with E-state index in [4.69, 9.17) is 0 Å². The Morgan fingerprint density at radius 3 is 2.75 bits per heavy atom. The standard InChI is InChI=1S/C16H18FNS2/c1-10-9-15(14-7-8-19-16(14)20-10)18-11(2)12-3-5-13(17)6-4-12/h3-8,10-11,15,18H,9H2,1-2H3/t10-,11?,15?/m0/s1. The average molecular weight is 307 g/mol. The number of rotatable bonds is 3. The van der Waals surface area contributed by atoms with E-state index >= 15 is 0 Å². The number of nitrogens with one attached hydrogen (secondary N) is 1. The SMILES string of the molecule is CC(NC1C[C@H](C)Sc2sccc21)c1ccc(F)cc1. The molecule has 1 N–H and O–H groups in total. The van der Waals surface area contributed by atoms with Crippen LogP contribution < -0.4 is 5.32 Å². The van der Waals surface area contributed by atoms with Crippen molar-refractivity contribution < 1.29 is 4.39 Å². The maximum atomic E-state index is 13.0. The van der Waals surface area contributed by atoms with E-state index in [0.29, 0.717) is 11.3 Å². The Morgan fingerprint density at radius 2 is 2.00 bits per heavy atom. The third-order valence-corrected chi connectivity index (χ3v) is 6.07. The van der Waals surface area contributed by atoms with Crippen LogP contribution in [0, 0.1) is 5.82 Å². The summed E-state index contributed by atoms with van der Waals surface area (Å²) in [6.07, 6.45) is 1.14. The number of benzene rings is 1. The van der Waals surface area contributed by atoms with Crippen LogP contribution in [0.1, 0.15) is 43.5 Å². The van der Waals surface area contributed by atoms with E-state index in [2.05, 4.69) is 30.6 Å². The zero-order valence-electron chi connectivity index (χ0n) is 11.6. The van der Waals surface area contributed by atoms with Gasteiger partial charge in [-0.25, -0.2) is 4.39 Å². The number of hydrogen-bond acceptors (Lipinski definition) is 3. The summed E-state index contributed by atoms with van der Waals surface area (Å²) in [6.45, 7) is 4.43. The van der Waals surface area contributed by atoms with Crippen molar-refractivity contribution in [2.24, 2.45) is 0 Å². The molecule has 1 nitrogen and oxygen atoms in total. The van der Waals surface area contributed by atoms with Gasteiger partial charge in [0, 0.05) is 17.3 Å². The Labute approximate surface area is 127 Å². The molecule has 1 aliphatic heterocycles. The average Bonchev–Trinajstić information content (AvgIpc) is 2.87. The minimum absolute atomic E-state index is 0.177. The second kappa shape index (κ2) is 5.88. The van der Waals surface area contributed by atoms with Crippen molar-refractivity contribution in [2.45, 2.75) is 41.8 Å². The van der Waals surface area contributed by atoms with Crippen LogP contribution in [-0.2, 0) is 0 Å². The number of fused-ring (bicyclic) bond motifs is 1. The predicted octanol–water partition coefficient (Wildman–Crippen LogP) is 5.16. The summed E-state index contributed by atoms with van der Waals surface area (Å²) in [5.74, 6) is -0.177. The molecular formula is C16H18FNS2. The van der Waals surface area contributed by atoms with Crippen molar-refractivity contribution in [3.63, 3.8) is 0 Å². The van der Waals surface area contributed by atoms with Crippen LogP contribution in [0.3, 0.4) is 0 Å². The van der Waals surface area contributed by atoms with Crippen LogP contribution in [0.15, 0.2) is 39.9 Å². The van der Waals surface area contributed by atoms with Gasteiger partial charge in [-0.3, -0.25) is 0 Å². The normalized spacial score (nSPS) is 23.4. The van der Waals surface area contributed by atoms with Gasteiger partial charge in [-0.2, -0.15) is 0 Å². The molecule has 0 fully saturated rings. The Hall–Kier alpha value is -0.840. The highest BCUT2D eigenvalue weighted by Crippen LogP contribution is 2.44. The van der Waals surface area contributed by atoms with Crippen LogP contribution in [0.5, 0.6) is 0 Å². The van der Waals surface area contributed by atoms with E-state index in [9.17, 15) is 4.39 Å². The third-order valence-electron chi connectivity index (χ3n) is 3.73. The van der Waals surface area contributed by atoms with Crippen molar-refractivity contribution in [1.82, 2.24) is 5.32 Å². The van der Waals surface area contributed by atoms with Gasteiger partial charge in [0.1, 0.15) is 5.82 Å². The monoisotopic (exact) mass is 307 g/mol. The van der Waals surface area contributed by atoms with E-state index < -0.39 is 0 Å². The second-order valence-corrected chi connectivity index (χ2v) is 7.94. The molecule has 3 atom stereocenters. The molecule has 0 saturated heterocycles. The first-order chi connectivity index (χ1) is 9.63. The molecular weight excluding hydrogens is 289 g/mol. The van der Waals surface area contributed by atoms with Gasteiger partial charge < -0.3 is 5.32 Å². The van der Waals surface area contributed by atoms with Gasteiger partial charge in [-0.1, -0.05) is 19.1 Å². The highest BCUT2D eigenvalue weighted by Gasteiger charge is 2.27. The van der Waals surface area contributed by atoms with Crippen molar-refractivity contribution in [2.75, 3.05) is 0 Å². The first-order valence-corrected chi connectivity index (χ1v) is 8.65. The fourth-order valence-corrected chi connectivity index (χ4v) is 5.22. The Bertz CT molecular complexity index is 578. The number of halogens is 1. The molecule has 20 heavy (non-hydrogen) atoms. The number of thioether (sulfide) groups is 1. The highest BCUT2D eigenvalue weighted by atomic mass is 32.2. The van der Waals surface area contributed by atoms with Crippen molar-refractivity contribution in [3.8, 4) is 0 Å². The number of thiophene rings is 1. The lowest BCUT2D eigenvalue weighted by Gasteiger charge is -2.30. The summed E-state index contributed by atoms with van der Waals surface area (Å²) < 4.78 is 14.4. The first-order valence-electron chi connectivity index (χ1n) is 6.89. The Balaban J connectivity index is 1.76. The Kier molecular flexibility index (Phi) is 4.15. The first kappa shape index (κ1) is 14.1. The lowest BCUT2D eigenvalue weighted by molar-refractivity contribution is 0.435. The van der Waals surface area contributed by atoms with Crippen LogP contribution in [-0.4, -0.2) is 5.25 Å². The van der Waals surface area contributed by atoms with Gasteiger partial charge in [0.25, 0.3) is 0 Å². The lowest BCUT2D eigenvalue weighted by Crippen LogP contribution is -2.28. The van der Waals surface area contributed by atoms with Gasteiger partial charge >= 0.3 is 0 Å². The Morgan fingerprint density at radius 1 is 1.25 bits per heavy atom. The van der Waals surface area contributed by atoms with Crippen LogP contribution in [0.4, 0.5) is 4.39 Å². The fraction of sp³-hybridized carbons (Fsp3) is 0.375. The van der Waals surface area contributed by atoms with E-state index in [1.54, 1.807) is 0 Å². The van der Waals surface area contributed by atoms with E-state index in [-0.39, 0.29) is 11.9 Å². The van der Waals surface area contributed by atoms with Gasteiger partial charge in [-0.15, -0.1) is 23.1 Å². The fourth-order valence-electron chi connectivity index (χ4n) is 2.66. The molecule has 0 aliphatic carbocycles. The van der Waals surface area contributed by atoms with Crippen LogP contribution in [0.25, 0.3) is 0 Å². The molecule has 2 heterocycles. The summed E-state index contributed by atoms with van der Waals surface area (Å²) >= 11 is 3.81. The molecule has 0 saturated carbocycles. The van der Waals surface area contributed by atoms with E-state index in [1.165, 1.54) is 21.9 Å². The zero-order valence-corrected chi connectivity index (χ0v) is 13.2. The molecule has 1 aromatic heterocycles. The maximum Gasteiger partial charge on any atom is 0.123 e. The van der Waals surface area contributed by atoms with Gasteiger partial charge in [0.2, 0.25) is 0 Å². The zero-order chi connectivity index (χ0) is 14.1. The minimum atomic E-state index is -0.177. The summed E-state index contributed by atoms with van der Waals surface area (Å²) in [7, 11) is 0. The molecule has 1 aromatic carbocycles. The molecule has 2 unspecified atom stereocenters. The third kappa shape index (κ3) is 2.92. The quantitative estimate of drug-likeness (QED) is 0.840. The minimum Gasteiger partial charge on any atom is -0.303 e. The summed E-state index contributed by atoms with van der Waals surface area (Å²) in [6, 6.07) is 9.64. The maximum absolute atomic E-state index is 13.0. The van der Waals surface area contributed by atoms with Crippen molar-refractivity contribution in [3.05, 3.63) is 52.7 Å². The van der Waals surface area contributed by atoms with Crippen LogP contribution in [0.2, 0.25) is 0 Å².